The molecule has 0 fully saturated rings. The average Bonchev–Trinajstić information content (AvgIpc) is 3.92. The number of para-hydroxylation sites is 4. The lowest BCUT2D eigenvalue weighted by atomic mass is 9.97. The van der Waals surface area contributed by atoms with Crippen LogP contribution in [-0.2, 0) is 0 Å². The molecule has 0 unspecified atom stereocenters. The lowest BCUT2D eigenvalue weighted by molar-refractivity contribution is 0.669. The molecule has 11 aromatic carbocycles. The molecule has 13 aromatic rings. The minimum atomic E-state index is 0.903. The largest absolute Gasteiger partial charge is 0.456 e. The van der Waals surface area contributed by atoms with Gasteiger partial charge in [0.2, 0.25) is 0 Å². The van der Waals surface area contributed by atoms with E-state index in [9.17, 15) is 0 Å². The van der Waals surface area contributed by atoms with E-state index < -0.39 is 0 Å². The zero-order chi connectivity index (χ0) is 42.8. The molecule has 3 nitrogen and oxygen atoms in total. The fourth-order valence-electron chi connectivity index (χ4n) is 10.1. The van der Waals surface area contributed by atoms with Gasteiger partial charge in [0, 0.05) is 43.9 Å². The van der Waals surface area contributed by atoms with Gasteiger partial charge in [-0.3, -0.25) is 0 Å². The first-order valence-electron chi connectivity index (χ1n) is 22.2. The van der Waals surface area contributed by atoms with Gasteiger partial charge in [0.25, 0.3) is 0 Å². The van der Waals surface area contributed by atoms with E-state index in [0.717, 1.165) is 72.5 Å². The van der Waals surface area contributed by atoms with Crippen molar-refractivity contribution >= 4 is 82.4 Å². The molecule has 3 heteroatoms. The summed E-state index contributed by atoms with van der Waals surface area (Å²) in [5, 5.41) is 9.68. The zero-order valence-electron chi connectivity index (χ0n) is 35.4. The van der Waals surface area contributed by atoms with Crippen LogP contribution in [0.15, 0.2) is 247 Å². The minimum absolute atomic E-state index is 0.903. The summed E-state index contributed by atoms with van der Waals surface area (Å²) in [4.78, 5) is 2.42. The summed E-state index contributed by atoms with van der Waals surface area (Å²) in [6.45, 7) is 0. The van der Waals surface area contributed by atoms with Crippen molar-refractivity contribution in [3.63, 3.8) is 0 Å². The van der Waals surface area contributed by atoms with Crippen molar-refractivity contribution in [3.8, 4) is 39.1 Å². The number of anilines is 3. The molecule has 0 N–H and O–H groups in total. The van der Waals surface area contributed by atoms with Gasteiger partial charge in [-0.25, -0.2) is 0 Å². The second-order valence-electron chi connectivity index (χ2n) is 16.9. The van der Waals surface area contributed by atoms with Crippen LogP contribution in [0.4, 0.5) is 17.1 Å². The zero-order valence-corrected chi connectivity index (χ0v) is 35.4. The summed E-state index contributed by atoms with van der Waals surface area (Å²) in [6.07, 6.45) is 0. The van der Waals surface area contributed by atoms with E-state index in [2.05, 4.69) is 240 Å². The van der Waals surface area contributed by atoms with Crippen molar-refractivity contribution in [1.29, 1.82) is 0 Å². The molecule has 13 rings (SSSR count). The van der Waals surface area contributed by atoms with Crippen LogP contribution in [0.5, 0.6) is 0 Å². The van der Waals surface area contributed by atoms with Crippen LogP contribution in [0.25, 0.3) is 104 Å². The maximum atomic E-state index is 6.26. The molecule has 0 amide bonds. The number of fused-ring (bicyclic) bond motifs is 9. The van der Waals surface area contributed by atoms with Crippen LogP contribution >= 0.6 is 0 Å². The van der Waals surface area contributed by atoms with Gasteiger partial charge in [-0.15, -0.1) is 0 Å². The van der Waals surface area contributed by atoms with Gasteiger partial charge in [0.1, 0.15) is 11.2 Å². The Hall–Kier alpha value is -8.66. The van der Waals surface area contributed by atoms with Gasteiger partial charge in [-0.1, -0.05) is 170 Å². The number of aromatic nitrogens is 1. The Morgan fingerprint density at radius 2 is 0.831 bits per heavy atom. The molecule has 0 saturated carbocycles. The van der Waals surface area contributed by atoms with Crippen LogP contribution < -0.4 is 4.90 Å². The van der Waals surface area contributed by atoms with E-state index in [1.165, 1.54) is 48.9 Å². The smallest absolute Gasteiger partial charge is 0.136 e. The third-order valence-corrected chi connectivity index (χ3v) is 13.2. The highest BCUT2D eigenvalue weighted by Gasteiger charge is 2.20. The average molecular weight is 829 g/mol. The van der Waals surface area contributed by atoms with Crippen molar-refractivity contribution in [2.75, 3.05) is 4.90 Å². The second-order valence-corrected chi connectivity index (χ2v) is 16.9. The summed E-state index contributed by atoms with van der Waals surface area (Å²) in [5.74, 6) is 0. The van der Waals surface area contributed by atoms with E-state index in [1.54, 1.807) is 0 Å². The molecular weight excluding hydrogens is 789 g/mol. The number of hydrogen-bond donors (Lipinski definition) is 0. The summed E-state index contributed by atoms with van der Waals surface area (Å²) in [5.41, 5.74) is 15.6. The van der Waals surface area contributed by atoms with E-state index in [4.69, 9.17) is 4.42 Å². The SMILES string of the molecule is c1cc(-c2ccc(N(c3ccc(-c4ccccc4-n4c5ccccc5c5ccccc54)cc3)c3cc4ccccc4c4ccccc34)cc2)cc(-c2ccc3c(c2)oc2ccccc23)c1. The predicted molar refractivity (Wildman–Crippen MR) is 274 cm³/mol. The molecule has 0 bridgehead atoms. The molecule has 0 spiro atoms. The first-order valence-corrected chi connectivity index (χ1v) is 22.2. The first-order chi connectivity index (χ1) is 32.2. The highest BCUT2D eigenvalue weighted by Crippen LogP contribution is 2.44. The Morgan fingerprint density at radius 3 is 1.57 bits per heavy atom. The van der Waals surface area contributed by atoms with Gasteiger partial charge < -0.3 is 13.9 Å². The molecule has 304 valence electrons. The Bertz CT molecular complexity index is 3900. The van der Waals surface area contributed by atoms with E-state index >= 15 is 0 Å². The monoisotopic (exact) mass is 828 g/mol. The highest BCUT2D eigenvalue weighted by molar-refractivity contribution is 6.15. The maximum absolute atomic E-state index is 6.26. The van der Waals surface area contributed by atoms with Crippen LogP contribution in [0.2, 0.25) is 0 Å². The fourth-order valence-corrected chi connectivity index (χ4v) is 10.1. The standard InChI is InChI=1S/C62H40N2O/c1-2-17-49-46(14-1)39-60(52-20-4-3-19-51(49)52)63(47-33-28-41(29-34-47)43-15-13-16-44(38-43)45-32-37-56-55-23-8-12-27-61(55)65-62(56)40-45)48-35-30-42(31-36-48)50-18-5-9-24-57(50)64-58-25-10-6-21-53(58)54-22-7-11-26-59(54)64/h1-40H. The van der Waals surface area contributed by atoms with Crippen molar-refractivity contribution in [1.82, 2.24) is 4.57 Å². The Kier molecular flexibility index (Phi) is 8.53. The fraction of sp³-hybridized carbons (Fsp3) is 0. The number of nitrogens with zero attached hydrogens (tertiary/aromatic N) is 2. The summed E-state index contributed by atoms with van der Waals surface area (Å²) in [6, 6.07) is 87.8. The third kappa shape index (κ3) is 6.12. The van der Waals surface area contributed by atoms with Crippen molar-refractivity contribution < 1.29 is 4.42 Å². The summed E-state index contributed by atoms with van der Waals surface area (Å²) in [7, 11) is 0. The van der Waals surface area contributed by atoms with Gasteiger partial charge in [0.15, 0.2) is 0 Å². The second kappa shape index (κ2) is 15.0. The normalized spacial score (nSPS) is 11.7. The molecular formula is C62H40N2O. The Balaban J connectivity index is 0.914. The highest BCUT2D eigenvalue weighted by atomic mass is 16.3. The van der Waals surface area contributed by atoms with Crippen LogP contribution in [0.1, 0.15) is 0 Å². The lowest BCUT2D eigenvalue weighted by Crippen LogP contribution is -2.10. The molecule has 0 saturated heterocycles. The molecule has 0 radical (unpaired) electrons. The molecule has 0 aliphatic carbocycles. The van der Waals surface area contributed by atoms with Crippen molar-refractivity contribution in [2.24, 2.45) is 0 Å². The van der Waals surface area contributed by atoms with Crippen molar-refractivity contribution in [2.45, 2.75) is 0 Å². The third-order valence-electron chi connectivity index (χ3n) is 13.2. The Labute approximate surface area is 376 Å². The van der Waals surface area contributed by atoms with E-state index in [1.807, 2.05) is 12.1 Å². The van der Waals surface area contributed by atoms with Crippen LogP contribution in [0, 0.1) is 0 Å². The van der Waals surface area contributed by atoms with E-state index in [0.29, 0.717) is 0 Å². The number of hydrogen-bond acceptors (Lipinski definition) is 2. The quantitative estimate of drug-likeness (QED) is 0.149. The van der Waals surface area contributed by atoms with Crippen LogP contribution in [-0.4, -0.2) is 4.57 Å². The minimum Gasteiger partial charge on any atom is -0.456 e. The summed E-state index contributed by atoms with van der Waals surface area (Å²) < 4.78 is 8.67. The molecule has 2 heterocycles. The topological polar surface area (TPSA) is 21.3 Å². The molecule has 65 heavy (non-hydrogen) atoms. The lowest BCUT2D eigenvalue weighted by Gasteiger charge is -2.28. The van der Waals surface area contributed by atoms with E-state index in [-0.39, 0.29) is 0 Å². The van der Waals surface area contributed by atoms with Crippen LogP contribution in [0.3, 0.4) is 0 Å². The maximum Gasteiger partial charge on any atom is 0.136 e. The summed E-state index contributed by atoms with van der Waals surface area (Å²) >= 11 is 0. The number of furan rings is 1. The predicted octanol–water partition coefficient (Wildman–Crippen LogP) is 17.5. The first kappa shape index (κ1) is 36.9. The van der Waals surface area contributed by atoms with Gasteiger partial charge >= 0.3 is 0 Å². The van der Waals surface area contributed by atoms with Gasteiger partial charge in [0.05, 0.1) is 22.4 Å². The number of rotatable bonds is 7. The van der Waals surface area contributed by atoms with Gasteiger partial charge in [-0.05, 0) is 117 Å². The molecule has 0 atom stereocenters. The molecule has 0 aliphatic rings. The Morgan fingerprint density at radius 1 is 0.308 bits per heavy atom. The molecule has 0 aliphatic heterocycles. The molecule has 2 aromatic heterocycles. The van der Waals surface area contributed by atoms with Crippen molar-refractivity contribution in [3.05, 3.63) is 243 Å². The number of benzene rings is 11. The van der Waals surface area contributed by atoms with Gasteiger partial charge in [-0.2, -0.15) is 0 Å².